The number of carbonyl (C=O) groups excluding carboxylic acids is 3. The van der Waals surface area contributed by atoms with Gasteiger partial charge < -0.3 is 21.1 Å². The van der Waals surface area contributed by atoms with Crippen molar-refractivity contribution in [2.24, 2.45) is 5.73 Å². The van der Waals surface area contributed by atoms with Gasteiger partial charge in [0, 0.05) is 17.3 Å². The predicted molar refractivity (Wildman–Crippen MR) is 135 cm³/mol. The molecule has 0 aliphatic heterocycles. The van der Waals surface area contributed by atoms with Crippen LogP contribution in [0.15, 0.2) is 67.1 Å². The van der Waals surface area contributed by atoms with Crippen LogP contribution in [0.25, 0.3) is 10.9 Å². The molecule has 0 fully saturated rings. The molecule has 4 aromatic rings. The SMILES string of the molecule is CCOC(=O)c1ccc(C(=O)Nc2cccc([C@H](C)Nc3ncnc4c(C(N)=O)cccc34)c2)cn1. The average Bonchev–Trinajstić information content (AvgIpc) is 2.89. The maximum Gasteiger partial charge on any atom is 0.356 e. The minimum Gasteiger partial charge on any atom is -0.461 e. The molecule has 0 spiro atoms. The van der Waals surface area contributed by atoms with Gasteiger partial charge in [0.2, 0.25) is 0 Å². The minimum absolute atomic E-state index is 0.135. The molecule has 0 saturated heterocycles. The fourth-order valence-electron chi connectivity index (χ4n) is 3.63. The molecule has 0 aliphatic rings. The van der Waals surface area contributed by atoms with E-state index in [0.717, 1.165) is 5.56 Å². The Morgan fingerprint density at radius 2 is 1.83 bits per heavy atom. The Morgan fingerprint density at radius 3 is 2.56 bits per heavy atom. The van der Waals surface area contributed by atoms with Crippen molar-refractivity contribution in [1.82, 2.24) is 15.0 Å². The highest BCUT2D eigenvalue weighted by Crippen LogP contribution is 2.27. The summed E-state index contributed by atoms with van der Waals surface area (Å²) in [5.74, 6) is -0.914. The number of pyridine rings is 1. The van der Waals surface area contributed by atoms with E-state index < -0.39 is 11.9 Å². The number of aromatic nitrogens is 3. The number of benzene rings is 2. The van der Waals surface area contributed by atoms with E-state index in [2.05, 4.69) is 25.6 Å². The van der Waals surface area contributed by atoms with Crippen LogP contribution in [0.3, 0.4) is 0 Å². The summed E-state index contributed by atoms with van der Waals surface area (Å²) in [5, 5.41) is 6.85. The number of esters is 1. The Kier molecular flexibility index (Phi) is 7.15. The fourth-order valence-corrected chi connectivity index (χ4v) is 3.63. The van der Waals surface area contributed by atoms with Gasteiger partial charge in [0.05, 0.1) is 29.3 Å². The number of nitrogens with zero attached hydrogens (tertiary/aromatic N) is 3. The van der Waals surface area contributed by atoms with Gasteiger partial charge in [-0.25, -0.2) is 19.7 Å². The lowest BCUT2D eigenvalue weighted by molar-refractivity contribution is 0.0519. The van der Waals surface area contributed by atoms with E-state index >= 15 is 0 Å². The topological polar surface area (TPSA) is 149 Å². The second-order valence-electron chi connectivity index (χ2n) is 7.89. The molecule has 2 amide bonds. The summed E-state index contributed by atoms with van der Waals surface area (Å²) in [6.07, 6.45) is 2.71. The number of hydrogen-bond donors (Lipinski definition) is 3. The minimum atomic E-state index is -0.563. The number of carbonyl (C=O) groups is 3. The number of nitrogens with one attached hydrogen (secondary N) is 2. The van der Waals surface area contributed by atoms with Gasteiger partial charge in [0.1, 0.15) is 17.8 Å². The van der Waals surface area contributed by atoms with Crippen molar-refractivity contribution in [2.45, 2.75) is 19.9 Å². The number of fused-ring (bicyclic) bond motifs is 1. The van der Waals surface area contributed by atoms with Gasteiger partial charge in [-0.3, -0.25) is 9.59 Å². The van der Waals surface area contributed by atoms with Crippen LogP contribution in [0.2, 0.25) is 0 Å². The van der Waals surface area contributed by atoms with Gasteiger partial charge >= 0.3 is 5.97 Å². The molecule has 0 radical (unpaired) electrons. The first-order valence-electron chi connectivity index (χ1n) is 11.2. The van der Waals surface area contributed by atoms with Crippen molar-refractivity contribution in [3.63, 3.8) is 0 Å². The lowest BCUT2D eigenvalue weighted by Gasteiger charge is -2.17. The zero-order chi connectivity index (χ0) is 25.7. The van der Waals surface area contributed by atoms with E-state index in [4.69, 9.17) is 10.5 Å². The molecule has 0 aliphatic carbocycles. The van der Waals surface area contributed by atoms with Crippen LogP contribution < -0.4 is 16.4 Å². The van der Waals surface area contributed by atoms with E-state index in [1.807, 2.05) is 31.2 Å². The molecule has 0 unspecified atom stereocenters. The quantitative estimate of drug-likeness (QED) is 0.320. The van der Waals surface area contributed by atoms with E-state index in [-0.39, 0.29) is 24.2 Å². The number of primary amides is 1. The second kappa shape index (κ2) is 10.6. The van der Waals surface area contributed by atoms with E-state index in [9.17, 15) is 14.4 Å². The smallest absolute Gasteiger partial charge is 0.356 e. The first kappa shape index (κ1) is 24.3. The van der Waals surface area contributed by atoms with Crippen molar-refractivity contribution in [3.05, 3.63) is 89.5 Å². The molecule has 182 valence electrons. The average molecular weight is 485 g/mol. The molecule has 2 aromatic carbocycles. The lowest BCUT2D eigenvalue weighted by atomic mass is 10.1. The monoisotopic (exact) mass is 484 g/mol. The van der Waals surface area contributed by atoms with Gasteiger partial charge in [-0.15, -0.1) is 0 Å². The molecule has 1 atom stereocenters. The molecule has 36 heavy (non-hydrogen) atoms. The van der Waals surface area contributed by atoms with Gasteiger partial charge in [-0.2, -0.15) is 0 Å². The van der Waals surface area contributed by atoms with Crippen molar-refractivity contribution in [1.29, 1.82) is 0 Å². The van der Waals surface area contributed by atoms with E-state index in [1.165, 1.54) is 24.7 Å². The Balaban J connectivity index is 1.49. The number of para-hydroxylation sites is 1. The molecule has 0 saturated carbocycles. The molecular formula is C26H24N6O4. The number of hydrogen-bond acceptors (Lipinski definition) is 8. The summed E-state index contributed by atoms with van der Waals surface area (Å²) in [7, 11) is 0. The maximum atomic E-state index is 12.7. The standard InChI is InChI=1S/C26H24N6O4/c1-3-36-26(35)21-11-10-17(13-28-21)25(34)32-18-7-4-6-16(12-18)15(2)31-24-20-9-5-8-19(23(27)33)22(20)29-14-30-24/h4-15H,3H2,1-2H3,(H2,27,33)(H,32,34)(H,29,30,31)/t15-/m0/s1. The first-order valence-corrected chi connectivity index (χ1v) is 11.2. The number of ether oxygens (including phenoxy) is 1. The summed E-state index contributed by atoms with van der Waals surface area (Å²) >= 11 is 0. The molecule has 4 N–H and O–H groups in total. The summed E-state index contributed by atoms with van der Waals surface area (Å²) < 4.78 is 4.91. The number of anilines is 2. The van der Waals surface area contributed by atoms with Crippen molar-refractivity contribution in [2.75, 3.05) is 17.2 Å². The van der Waals surface area contributed by atoms with Crippen LogP contribution in [0.4, 0.5) is 11.5 Å². The highest BCUT2D eigenvalue weighted by atomic mass is 16.5. The summed E-state index contributed by atoms with van der Waals surface area (Å²) in [5.41, 5.74) is 8.18. The van der Waals surface area contributed by atoms with Gasteiger partial charge in [0.25, 0.3) is 11.8 Å². The Labute approximate surface area is 206 Å². The van der Waals surface area contributed by atoms with E-state index in [1.54, 1.807) is 25.1 Å². The van der Waals surface area contributed by atoms with Crippen molar-refractivity contribution < 1.29 is 19.1 Å². The Morgan fingerprint density at radius 1 is 1.03 bits per heavy atom. The van der Waals surface area contributed by atoms with E-state index in [0.29, 0.717) is 33.5 Å². The van der Waals surface area contributed by atoms with Gasteiger partial charge in [-0.05, 0) is 55.8 Å². The van der Waals surface area contributed by atoms with Crippen LogP contribution in [0.1, 0.15) is 56.7 Å². The second-order valence-corrected chi connectivity index (χ2v) is 7.89. The zero-order valence-corrected chi connectivity index (χ0v) is 19.7. The third kappa shape index (κ3) is 5.27. The molecule has 10 nitrogen and oxygen atoms in total. The van der Waals surface area contributed by atoms with Gasteiger partial charge in [0.15, 0.2) is 0 Å². The third-order valence-corrected chi connectivity index (χ3v) is 5.44. The number of rotatable bonds is 8. The fraction of sp³-hybridized carbons (Fsp3) is 0.154. The maximum absolute atomic E-state index is 12.7. The summed E-state index contributed by atoms with van der Waals surface area (Å²) in [6.45, 7) is 3.90. The van der Waals surface area contributed by atoms with Crippen LogP contribution in [-0.4, -0.2) is 39.3 Å². The highest BCUT2D eigenvalue weighted by molar-refractivity contribution is 6.07. The van der Waals surface area contributed by atoms with Crippen LogP contribution >= 0.6 is 0 Å². The predicted octanol–water partition coefficient (Wildman–Crippen LogP) is 3.73. The van der Waals surface area contributed by atoms with Crippen LogP contribution in [0.5, 0.6) is 0 Å². The van der Waals surface area contributed by atoms with Crippen molar-refractivity contribution >= 4 is 40.2 Å². The van der Waals surface area contributed by atoms with Crippen molar-refractivity contribution in [3.8, 4) is 0 Å². The normalized spacial score (nSPS) is 11.5. The molecule has 4 rings (SSSR count). The van der Waals surface area contributed by atoms with Crippen LogP contribution in [0, 0.1) is 0 Å². The molecule has 10 heteroatoms. The molecule has 0 bridgehead atoms. The molecular weight excluding hydrogens is 460 g/mol. The number of nitrogens with two attached hydrogens (primary N) is 1. The number of amides is 2. The Bertz CT molecular complexity index is 1440. The van der Waals surface area contributed by atoms with Gasteiger partial charge in [-0.1, -0.05) is 18.2 Å². The summed E-state index contributed by atoms with van der Waals surface area (Å²) in [4.78, 5) is 48.7. The summed E-state index contributed by atoms with van der Waals surface area (Å²) in [6, 6.07) is 15.3. The zero-order valence-electron chi connectivity index (χ0n) is 19.7. The largest absolute Gasteiger partial charge is 0.461 e. The highest BCUT2D eigenvalue weighted by Gasteiger charge is 2.15. The van der Waals surface area contributed by atoms with Crippen LogP contribution in [-0.2, 0) is 4.74 Å². The molecule has 2 aromatic heterocycles. The Hall–Kier alpha value is -4.86. The lowest BCUT2D eigenvalue weighted by Crippen LogP contribution is -2.15. The third-order valence-electron chi connectivity index (χ3n) is 5.44. The molecule has 2 heterocycles. The first-order chi connectivity index (χ1) is 17.4.